The summed E-state index contributed by atoms with van der Waals surface area (Å²) in [7, 11) is 0. The van der Waals surface area contributed by atoms with E-state index in [0.29, 0.717) is 13.0 Å². The lowest BCUT2D eigenvalue weighted by atomic mass is 10.2. The van der Waals surface area contributed by atoms with Crippen LogP contribution >= 0.6 is 0 Å². The number of imidazole rings is 1. The number of carbonyl (C=O) groups excluding carboxylic acids is 2. The second-order valence-electron chi connectivity index (χ2n) is 6.82. The van der Waals surface area contributed by atoms with Crippen molar-refractivity contribution in [3.05, 3.63) is 30.1 Å². The number of nitrogens with zero attached hydrogens (tertiary/aromatic N) is 3. The van der Waals surface area contributed by atoms with Gasteiger partial charge in [0.2, 0.25) is 11.8 Å². The zero-order valence-corrected chi connectivity index (χ0v) is 15.7. The number of fused-ring (bicyclic) bond motifs is 1. The van der Waals surface area contributed by atoms with Crippen LogP contribution in [0.3, 0.4) is 0 Å². The smallest absolute Gasteiger partial charge is 0.243 e. The fourth-order valence-corrected chi connectivity index (χ4v) is 3.23. The van der Waals surface area contributed by atoms with Crippen molar-refractivity contribution in [3.8, 4) is 0 Å². The Labute approximate surface area is 149 Å². The lowest BCUT2D eigenvalue weighted by Crippen LogP contribution is -2.43. The Morgan fingerprint density at radius 1 is 1.16 bits per heavy atom. The van der Waals surface area contributed by atoms with Crippen molar-refractivity contribution >= 4 is 22.8 Å². The van der Waals surface area contributed by atoms with Crippen molar-refractivity contribution in [1.82, 2.24) is 19.8 Å². The molecule has 0 atom stereocenters. The fraction of sp³-hybridized carbons (Fsp3) is 0.526. The minimum absolute atomic E-state index is 0.0653. The molecule has 136 valence electrons. The summed E-state index contributed by atoms with van der Waals surface area (Å²) in [5.74, 6) is 0.828. The predicted octanol–water partition coefficient (Wildman–Crippen LogP) is 2.36. The van der Waals surface area contributed by atoms with Gasteiger partial charge < -0.3 is 14.8 Å². The third kappa shape index (κ3) is 4.59. The SMILES string of the molecule is CC(=O)NCCc1nc2ccccc2n1CC(=O)N(C(C)C)C(C)C. The summed E-state index contributed by atoms with van der Waals surface area (Å²) >= 11 is 0. The molecule has 25 heavy (non-hydrogen) atoms. The van der Waals surface area contributed by atoms with Crippen molar-refractivity contribution in [2.75, 3.05) is 6.54 Å². The largest absolute Gasteiger partial charge is 0.356 e. The van der Waals surface area contributed by atoms with E-state index < -0.39 is 0 Å². The van der Waals surface area contributed by atoms with Crippen LogP contribution in [0.2, 0.25) is 0 Å². The summed E-state index contributed by atoms with van der Waals surface area (Å²) in [6.07, 6.45) is 0.588. The number of aromatic nitrogens is 2. The summed E-state index contributed by atoms with van der Waals surface area (Å²) in [5, 5.41) is 2.79. The average molecular weight is 344 g/mol. The molecule has 1 heterocycles. The number of para-hydroxylation sites is 2. The molecule has 0 aliphatic rings. The van der Waals surface area contributed by atoms with Crippen LogP contribution in [0.5, 0.6) is 0 Å². The Hall–Kier alpha value is -2.37. The third-order valence-corrected chi connectivity index (χ3v) is 4.15. The fourth-order valence-electron chi connectivity index (χ4n) is 3.23. The van der Waals surface area contributed by atoms with Crippen LogP contribution in [0.15, 0.2) is 24.3 Å². The third-order valence-electron chi connectivity index (χ3n) is 4.15. The van der Waals surface area contributed by atoms with E-state index in [0.717, 1.165) is 16.9 Å². The number of carbonyl (C=O) groups is 2. The van der Waals surface area contributed by atoms with Crippen LogP contribution in [-0.2, 0) is 22.6 Å². The van der Waals surface area contributed by atoms with Gasteiger partial charge in [-0.15, -0.1) is 0 Å². The molecule has 0 aliphatic heterocycles. The van der Waals surface area contributed by atoms with E-state index in [1.807, 2.05) is 61.4 Å². The molecule has 0 bridgehead atoms. The predicted molar refractivity (Wildman–Crippen MR) is 99.2 cm³/mol. The van der Waals surface area contributed by atoms with Crippen LogP contribution in [-0.4, -0.2) is 44.9 Å². The number of hydrogen-bond acceptors (Lipinski definition) is 3. The topological polar surface area (TPSA) is 67.2 Å². The Balaban J connectivity index is 2.31. The number of nitrogens with one attached hydrogen (secondary N) is 1. The number of benzene rings is 1. The van der Waals surface area contributed by atoms with Crippen molar-refractivity contribution in [1.29, 1.82) is 0 Å². The highest BCUT2D eigenvalue weighted by Crippen LogP contribution is 2.18. The van der Waals surface area contributed by atoms with Gasteiger partial charge in [0.15, 0.2) is 0 Å². The lowest BCUT2D eigenvalue weighted by Gasteiger charge is -2.31. The van der Waals surface area contributed by atoms with Gasteiger partial charge in [0.25, 0.3) is 0 Å². The maximum Gasteiger partial charge on any atom is 0.243 e. The standard InChI is InChI=1S/C19H28N4O2/c1-13(2)23(14(3)4)19(25)12-22-17-9-7-6-8-16(17)21-18(22)10-11-20-15(5)24/h6-9,13-14H,10-12H2,1-5H3,(H,20,24). The molecule has 0 fully saturated rings. The molecule has 6 heteroatoms. The minimum Gasteiger partial charge on any atom is -0.356 e. The zero-order valence-electron chi connectivity index (χ0n) is 15.7. The summed E-state index contributed by atoms with van der Waals surface area (Å²) in [6, 6.07) is 8.10. The molecule has 1 N–H and O–H groups in total. The summed E-state index contributed by atoms with van der Waals surface area (Å²) in [5.41, 5.74) is 1.81. The highest BCUT2D eigenvalue weighted by molar-refractivity contribution is 5.81. The van der Waals surface area contributed by atoms with Gasteiger partial charge in [-0.3, -0.25) is 9.59 Å². The van der Waals surface area contributed by atoms with Crippen LogP contribution in [0.1, 0.15) is 40.4 Å². The van der Waals surface area contributed by atoms with Crippen LogP contribution in [0.25, 0.3) is 11.0 Å². The quantitative estimate of drug-likeness (QED) is 0.838. The second-order valence-corrected chi connectivity index (χ2v) is 6.82. The molecule has 2 aromatic rings. The van der Waals surface area contributed by atoms with E-state index in [1.54, 1.807) is 0 Å². The second kappa shape index (κ2) is 8.14. The molecule has 2 amide bonds. The van der Waals surface area contributed by atoms with Crippen molar-refractivity contribution in [2.45, 2.75) is 59.7 Å². The van der Waals surface area contributed by atoms with Crippen LogP contribution in [0, 0.1) is 0 Å². The van der Waals surface area contributed by atoms with Gasteiger partial charge in [-0.05, 0) is 39.8 Å². The van der Waals surface area contributed by atoms with Crippen molar-refractivity contribution in [2.24, 2.45) is 0 Å². The van der Waals surface area contributed by atoms with Gasteiger partial charge in [-0.2, -0.15) is 0 Å². The first-order valence-electron chi connectivity index (χ1n) is 8.81. The van der Waals surface area contributed by atoms with Gasteiger partial charge in [0.05, 0.1) is 11.0 Å². The lowest BCUT2D eigenvalue weighted by molar-refractivity contribution is -0.135. The van der Waals surface area contributed by atoms with Crippen LogP contribution in [0.4, 0.5) is 0 Å². The first-order valence-corrected chi connectivity index (χ1v) is 8.81. The molecule has 0 saturated heterocycles. The summed E-state index contributed by atoms with van der Waals surface area (Å²) < 4.78 is 1.97. The monoisotopic (exact) mass is 344 g/mol. The van der Waals surface area contributed by atoms with E-state index in [1.165, 1.54) is 6.92 Å². The molecular weight excluding hydrogens is 316 g/mol. The summed E-state index contributed by atoms with van der Waals surface area (Å²) in [6.45, 7) is 10.4. The molecule has 0 radical (unpaired) electrons. The maximum absolute atomic E-state index is 12.9. The van der Waals surface area contributed by atoms with Gasteiger partial charge in [0.1, 0.15) is 12.4 Å². The van der Waals surface area contributed by atoms with Crippen molar-refractivity contribution < 1.29 is 9.59 Å². The van der Waals surface area contributed by atoms with E-state index in [4.69, 9.17) is 0 Å². The Morgan fingerprint density at radius 3 is 2.40 bits per heavy atom. The number of hydrogen-bond donors (Lipinski definition) is 1. The molecule has 0 saturated carbocycles. The van der Waals surface area contributed by atoms with E-state index in [2.05, 4.69) is 10.3 Å². The zero-order chi connectivity index (χ0) is 18.6. The highest BCUT2D eigenvalue weighted by atomic mass is 16.2. The van der Waals surface area contributed by atoms with E-state index >= 15 is 0 Å². The molecule has 6 nitrogen and oxygen atoms in total. The Bertz CT molecular complexity index is 741. The Kier molecular flexibility index (Phi) is 6.17. The molecule has 1 aromatic carbocycles. The average Bonchev–Trinajstić information content (AvgIpc) is 2.84. The van der Waals surface area contributed by atoms with Gasteiger partial charge in [-0.25, -0.2) is 4.98 Å². The van der Waals surface area contributed by atoms with E-state index in [-0.39, 0.29) is 30.4 Å². The normalized spacial score (nSPS) is 11.3. The maximum atomic E-state index is 12.9. The van der Waals surface area contributed by atoms with Crippen LogP contribution < -0.4 is 5.32 Å². The number of amides is 2. The van der Waals surface area contributed by atoms with Gasteiger partial charge in [-0.1, -0.05) is 12.1 Å². The molecule has 0 unspecified atom stereocenters. The Morgan fingerprint density at radius 2 is 1.80 bits per heavy atom. The molecule has 1 aromatic heterocycles. The first-order chi connectivity index (χ1) is 11.8. The van der Waals surface area contributed by atoms with Gasteiger partial charge >= 0.3 is 0 Å². The molecular formula is C19H28N4O2. The molecule has 0 spiro atoms. The van der Waals surface area contributed by atoms with Gasteiger partial charge in [0, 0.05) is 32.0 Å². The van der Waals surface area contributed by atoms with Crippen molar-refractivity contribution in [3.63, 3.8) is 0 Å². The first kappa shape index (κ1) is 19.0. The highest BCUT2D eigenvalue weighted by Gasteiger charge is 2.22. The summed E-state index contributed by atoms with van der Waals surface area (Å²) in [4.78, 5) is 30.5. The van der Waals surface area contributed by atoms with E-state index in [9.17, 15) is 9.59 Å². The molecule has 0 aliphatic carbocycles. The molecule has 2 rings (SSSR count). The minimum atomic E-state index is -0.0653. The number of rotatable bonds is 7.